The van der Waals surface area contributed by atoms with Gasteiger partial charge in [0.1, 0.15) is 12.7 Å². The molecule has 1 atom stereocenters. The van der Waals surface area contributed by atoms with E-state index in [-0.39, 0.29) is 12.7 Å². The van der Waals surface area contributed by atoms with Gasteiger partial charge in [0.05, 0.1) is 7.11 Å². The SMILES string of the molecule is COC(=O)C#CCOC(/C=C(\C)C#Cc1ccccc1)c1ccccc1. The van der Waals surface area contributed by atoms with E-state index < -0.39 is 5.97 Å². The number of allylic oxidation sites excluding steroid dienone is 1. The van der Waals surface area contributed by atoms with Crippen molar-refractivity contribution in [3.63, 3.8) is 0 Å². The van der Waals surface area contributed by atoms with E-state index in [0.29, 0.717) is 0 Å². The van der Waals surface area contributed by atoms with Crippen LogP contribution in [0, 0.1) is 23.7 Å². The van der Waals surface area contributed by atoms with Gasteiger partial charge >= 0.3 is 5.97 Å². The van der Waals surface area contributed by atoms with Gasteiger partial charge in [-0.1, -0.05) is 66.3 Å². The number of carbonyl (C=O) groups is 1. The number of hydrogen-bond donors (Lipinski definition) is 0. The summed E-state index contributed by atoms with van der Waals surface area (Å²) in [7, 11) is 1.29. The Morgan fingerprint density at radius 3 is 2.35 bits per heavy atom. The van der Waals surface area contributed by atoms with Gasteiger partial charge in [-0.3, -0.25) is 0 Å². The molecule has 0 saturated carbocycles. The van der Waals surface area contributed by atoms with Crippen LogP contribution in [0.25, 0.3) is 0 Å². The molecule has 0 amide bonds. The third-order valence-corrected chi connectivity index (χ3v) is 3.42. The van der Waals surface area contributed by atoms with Crippen LogP contribution in [-0.2, 0) is 14.3 Å². The van der Waals surface area contributed by atoms with Crippen molar-refractivity contribution >= 4 is 5.97 Å². The van der Waals surface area contributed by atoms with Crippen molar-refractivity contribution in [1.82, 2.24) is 0 Å². The molecular formula is C23H20O3. The van der Waals surface area contributed by atoms with Gasteiger partial charge in [-0.05, 0) is 36.3 Å². The molecule has 0 spiro atoms. The Balaban J connectivity index is 2.14. The van der Waals surface area contributed by atoms with Gasteiger partial charge < -0.3 is 9.47 Å². The minimum Gasteiger partial charge on any atom is -0.459 e. The molecule has 0 aliphatic carbocycles. The Morgan fingerprint density at radius 1 is 1.04 bits per heavy atom. The summed E-state index contributed by atoms with van der Waals surface area (Å²) in [6.45, 7) is 2.06. The van der Waals surface area contributed by atoms with Gasteiger partial charge in [0.25, 0.3) is 0 Å². The summed E-state index contributed by atoms with van der Waals surface area (Å²) in [5.74, 6) is 10.7. The predicted octanol–water partition coefficient (Wildman–Crippen LogP) is 3.92. The van der Waals surface area contributed by atoms with E-state index in [9.17, 15) is 4.79 Å². The quantitative estimate of drug-likeness (QED) is 0.479. The molecule has 3 heteroatoms. The largest absolute Gasteiger partial charge is 0.459 e. The maximum Gasteiger partial charge on any atom is 0.384 e. The lowest BCUT2D eigenvalue weighted by atomic mass is 10.1. The second kappa shape index (κ2) is 10.6. The Bertz CT molecular complexity index is 860. The van der Waals surface area contributed by atoms with Crippen LogP contribution in [0.4, 0.5) is 0 Å². The van der Waals surface area contributed by atoms with E-state index in [2.05, 4.69) is 28.4 Å². The molecule has 130 valence electrons. The number of rotatable bonds is 4. The fourth-order valence-corrected chi connectivity index (χ4v) is 2.13. The summed E-state index contributed by atoms with van der Waals surface area (Å²) in [6.07, 6.45) is 1.65. The maximum atomic E-state index is 11.0. The van der Waals surface area contributed by atoms with Crippen LogP contribution in [0.15, 0.2) is 72.3 Å². The molecule has 0 N–H and O–H groups in total. The Labute approximate surface area is 154 Å². The van der Waals surface area contributed by atoms with Gasteiger partial charge in [0.2, 0.25) is 0 Å². The first-order chi connectivity index (χ1) is 12.7. The Morgan fingerprint density at radius 2 is 1.69 bits per heavy atom. The van der Waals surface area contributed by atoms with Crippen molar-refractivity contribution in [2.45, 2.75) is 13.0 Å². The zero-order valence-electron chi connectivity index (χ0n) is 14.9. The number of ether oxygens (including phenoxy) is 2. The fraction of sp³-hybridized carbons (Fsp3) is 0.174. The first kappa shape index (κ1) is 19.1. The summed E-state index contributed by atoms with van der Waals surface area (Å²) in [6, 6.07) is 19.6. The van der Waals surface area contributed by atoms with E-state index in [1.54, 1.807) is 0 Å². The Kier molecular flexibility index (Phi) is 7.74. The van der Waals surface area contributed by atoms with Crippen LogP contribution in [0.2, 0.25) is 0 Å². The monoisotopic (exact) mass is 344 g/mol. The molecule has 3 nitrogen and oxygen atoms in total. The highest BCUT2D eigenvalue weighted by Gasteiger charge is 2.08. The van der Waals surface area contributed by atoms with E-state index in [4.69, 9.17) is 4.74 Å². The fourth-order valence-electron chi connectivity index (χ4n) is 2.13. The maximum absolute atomic E-state index is 11.0. The van der Waals surface area contributed by atoms with Crippen LogP contribution in [-0.4, -0.2) is 19.7 Å². The number of methoxy groups -OCH3 is 1. The zero-order chi connectivity index (χ0) is 18.6. The number of esters is 1. The molecule has 0 aromatic heterocycles. The summed E-state index contributed by atoms with van der Waals surface area (Å²) in [5, 5.41) is 0. The molecule has 0 aliphatic heterocycles. The third-order valence-electron chi connectivity index (χ3n) is 3.42. The Hall–Kier alpha value is -3.27. The van der Waals surface area contributed by atoms with Crippen LogP contribution in [0.1, 0.15) is 24.2 Å². The molecule has 1 unspecified atom stereocenters. The van der Waals surface area contributed by atoms with Crippen LogP contribution in [0.3, 0.4) is 0 Å². The smallest absolute Gasteiger partial charge is 0.384 e. The van der Waals surface area contributed by atoms with Crippen LogP contribution in [0.5, 0.6) is 0 Å². The minimum atomic E-state index is -0.578. The molecule has 0 radical (unpaired) electrons. The molecule has 0 aliphatic rings. The highest BCUT2D eigenvalue weighted by atomic mass is 16.5. The first-order valence-electron chi connectivity index (χ1n) is 8.18. The number of carbonyl (C=O) groups excluding carboxylic acids is 1. The van der Waals surface area contributed by atoms with Gasteiger partial charge in [-0.15, -0.1) is 0 Å². The van der Waals surface area contributed by atoms with Crippen molar-refractivity contribution in [2.24, 2.45) is 0 Å². The molecule has 2 aromatic carbocycles. The molecule has 0 bridgehead atoms. The molecule has 0 saturated heterocycles. The van der Waals surface area contributed by atoms with E-state index in [1.807, 2.05) is 73.7 Å². The van der Waals surface area contributed by atoms with E-state index in [0.717, 1.165) is 16.7 Å². The molecule has 2 rings (SSSR count). The van der Waals surface area contributed by atoms with Crippen molar-refractivity contribution in [3.05, 3.63) is 83.4 Å². The van der Waals surface area contributed by atoms with Crippen LogP contribution >= 0.6 is 0 Å². The summed E-state index contributed by atoms with van der Waals surface area (Å²) < 4.78 is 10.3. The normalized spacial score (nSPS) is 11.4. The van der Waals surface area contributed by atoms with Gasteiger partial charge in [-0.25, -0.2) is 4.79 Å². The lowest BCUT2D eigenvalue weighted by Gasteiger charge is -2.13. The average molecular weight is 344 g/mol. The second-order valence-corrected chi connectivity index (χ2v) is 5.40. The molecular weight excluding hydrogens is 324 g/mol. The minimum absolute atomic E-state index is 0.116. The van der Waals surface area contributed by atoms with Gasteiger partial charge in [-0.2, -0.15) is 0 Å². The summed E-state index contributed by atoms with van der Waals surface area (Å²) >= 11 is 0. The third kappa shape index (κ3) is 6.69. The highest BCUT2D eigenvalue weighted by molar-refractivity contribution is 5.88. The molecule has 0 fully saturated rings. The highest BCUT2D eigenvalue weighted by Crippen LogP contribution is 2.20. The van der Waals surface area contributed by atoms with E-state index >= 15 is 0 Å². The second-order valence-electron chi connectivity index (χ2n) is 5.40. The zero-order valence-corrected chi connectivity index (χ0v) is 14.9. The van der Waals surface area contributed by atoms with Gasteiger partial charge in [0, 0.05) is 11.5 Å². The van der Waals surface area contributed by atoms with Gasteiger partial charge in [0.15, 0.2) is 0 Å². The molecule has 26 heavy (non-hydrogen) atoms. The standard InChI is InChI=1S/C23H20O3/c1-19(15-16-20-10-5-3-6-11-20)18-22(21-12-7-4-8-13-21)26-17-9-14-23(24)25-2/h3-8,10-13,18,22H,17H2,1-2H3/b19-18+. The number of hydrogen-bond acceptors (Lipinski definition) is 3. The van der Waals surface area contributed by atoms with Crippen LogP contribution < -0.4 is 0 Å². The first-order valence-corrected chi connectivity index (χ1v) is 8.18. The average Bonchev–Trinajstić information content (AvgIpc) is 2.70. The van der Waals surface area contributed by atoms with Crippen molar-refractivity contribution in [1.29, 1.82) is 0 Å². The molecule has 0 heterocycles. The number of benzene rings is 2. The van der Waals surface area contributed by atoms with Crippen molar-refractivity contribution in [3.8, 4) is 23.7 Å². The van der Waals surface area contributed by atoms with Crippen molar-refractivity contribution < 1.29 is 14.3 Å². The summed E-state index contributed by atoms with van der Waals surface area (Å²) in [5.41, 5.74) is 2.85. The predicted molar refractivity (Wildman–Crippen MR) is 102 cm³/mol. The molecule has 2 aromatic rings. The van der Waals surface area contributed by atoms with E-state index in [1.165, 1.54) is 7.11 Å². The lowest BCUT2D eigenvalue weighted by molar-refractivity contribution is -0.133. The summed E-state index contributed by atoms with van der Waals surface area (Å²) in [4.78, 5) is 11.0. The lowest BCUT2D eigenvalue weighted by Crippen LogP contribution is -2.03. The van der Waals surface area contributed by atoms with Crippen molar-refractivity contribution in [2.75, 3.05) is 13.7 Å². The topological polar surface area (TPSA) is 35.5 Å².